The molecule has 0 bridgehead atoms. The smallest absolute Gasteiger partial charge is 0.225 e. The van der Waals surface area contributed by atoms with Gasteiger partial charge >= 0.3 is 0 Å². The zero-order chi connectivity index (χ0) is 18.5. The number of methoxy groups -OCH3 is 1. The number of carbonyl (C=O) groups is 2. The summed E-state index contributed by atoms with van der Waals surface area (Å²) in [6.45, 7) is 3.46. The number of carbonyl (C=O) groups excluding carboxylic acids is 2. The van der Waals surface area contributed by atoms with Crippen LogP contribution in [0.4, 0.5) is 0 Å². The van der Waals surface area contributed by atoms with Crippen LogP contribution in [0.15, 0.2) is 18.2 Å². The Kier molecular flexibility index (Phi) is 6.01. The fraction of sp³-hybridized carbons (Fsp3) is 0.600. The summed E-state index contributed by atoms with van der Waals surface area (Å²) in [5.74, 6) is 1.18. The molecular formula is C20H28N2O4. The van der Waals surface area contributed by atoms with Crippen molar-refractivity contribution in [3.05, 3.63) is 23.8 Å². The van der Waals surface area contributed by atoms with Gasteiger partial charge in [-0.1, -0.05) is 18.9 Å². The number of likely N-dealkylation sites (tertiary alicyclic amines) is 1. The number of ether oxygens (including phenoxy) is 2. The first-order valence-corrected chi connectivity index (χ1v) is 9.49. The van der Waals surface area contributed by atoms with Crippen LogP contribution in [-0.2, 0) is 16.1 Å². The molecule has 0 unspecified atom stereocenters. The molecule has 1 saturated carbocycles. The van der Waals surface area contributed by atoms with E-state index in [0.29, 0.717) is 43.7 Å². The van der Waals surface area contributed by atoms with Crippen molar-refractivity contribution in [2.75, 3.05) is 20.3 Å². The fourth-order valence-electron chi connectivity index (χ4n) is 3.91. The number of nitrogens with one attached hydrogen (secondary N) is 1. The predicted molar refractivity (Wildman–Crippen MR) is 98.1 cm³/mol. The first-order chi connectivity index (χ1) is 12.6. The summed E-state index contributed by atoms with van der Waals surface area (Å²) < 4.78 is 10.8. The molecule has 1 heterocycles. The summed E-state index contributed by atoms with van der Waals surface area (Å²) >= 11 is 0. The zero-order valence-corrected chi connectivity index (χ0v) is 15.6. The average molecular weight is 360 g/mol. The Morgan fingerprint density at radius 3 is 2.73 bits per heavy atom. The Morgan fingerprint density at radius 2 is 2.04 bits per heavy atom. The second-order valence-electron chi connectivity index (χ2n) is 7.02. The summed E-state index contributed by atoms with van der Waals surface area (Å²) in [5, 5.41) is 2.96. The summed E-state index contributed by atoms with van der Waals surface area (Å²) in [4.78, 5) is 26.7. The van der Waals surface area contributed by atoms with Gasteiger partial charge in [0.25, 0.3) is 0 Å². The maximum Gasteiger partial charge on any atom is 0.225 e. The molecule has 1 atom stereocenters. The van der Waals surface area contributed by atoms with E-state index >= 15 is 0 Å². The van der Waals surface area contributed by atoms with Crippen LogP contribution in [0.1, 0.15) is 44.6 Å². The molecule has 2 amide bonds. The Labute approximate surface area is 154 Å². The fourth-order valence-corrected chi connectivity index (χ4v) is 3.91. The number of amides is 2. The van der Waals surface area contributed by atoms with E-state index in [1.54, 1.807) is 7.11 Å². The van der Waals surface area contributed by atoms with Crippen molar-refractivity contribution in [1.82, 2.24) is 10.2 Å². The highest BCUT2D eigenvalue weighted by molar-refractivity contribution is 5.89. The molecule has 0 spiro atoms. The normalized spacial score (nSPS) is 20.5. The maximum atomic E-state index is 12.5. The molecule has 142 valence electrons. The van der Waals surface area contributed by atoms with Crippen molar-refractivity contribution >= 4 is 11.8 Å². The maximum absolute atomic E-state index is 12.5. The lowest BCUT2D eigenvalue weighted by Crippen LogP contribution is -2.36. The standard InChI is InChI=1S/C20H28N2O4/c1-3-26-17-9-8-14(10-18(17)25-2)12-21-20(24)15-11-19(23)22(13-15)16-6-4-5-7-16/h8-10,15-16H,3-7,11-13H2,1-2H3,(H,21,24)/t15-/m0/s1. The molecule has 6 nitrogen and oxygen atoms in total. The molecule has 2 aliphatic rings. The lowest BCUT2D eigenvalue weighted by atomic mass is 10.1. The van der Waals surface area contributed by atoms with E-state index < -0.39 is 0 Å². The van der Waals surface area contributed by atoms with Crippen LogP contribution in [0.2, 0.25) is 0 Å². The summed E-state index contributed by atoms with van der Waals surface area (Å²) in [7, 11) is 1.60. The van der Waals surface area contributed by atoms with Gasteiger partial charge < -0.3 is 19.7 Å². The highest BCUT2D eigenvalue weighted by Gasteiger charge is 2.38. The Balaban J connectivity index is 1.55. The number of rotatable bonds is 7. The second kappa shape index (κ2) is 8.43. The number of hydrogen-bond acceptors (Lipinski definition) is 4. The lowest BCUT2D eigenvalue weighted by molar-refractivity contribution is -0.130. The van der Waals surface area contributed by atoms with Gasteiger partial charge in [0.15, 0.2) is 11.5 Å². The van der Waals surface area contributed by atoms with E-state index in [1.165, 1.54) is 12.8 Å². The van der Waals surface area contributed by atoms with Crippen LogP contribution >= 0.6 is 0 Å². The monoisotopic (exact) mass is 360 g/mol. The third-order valence-corrected chi connectivity index (χ3v) is 5.29. The van der Waals surface area contributed by atoms with E-state index in [2.05, 4.69) is 5.32 Å². The molecule has 1 aliphatic heterocycles. The van der Waals surface area contributed by atoms with Crippen molar-refractivity contribution < 1.29 is 19.1 Å². The molecule has 6 heteroatoms. The van der Waals surface area contributed by atoms with Gasteiger partial charge in [-0.05, 0) is 37.5 Å². The van der Waals surface area contributed by atoms with E-state index in [-0.39, 0.29) is 17.7 Å². The number of hydrogen-bond donors (Lipinski definition) is 1. The topological polar surface area (TPSA) is 67.9 Å². The van der Waals surface area contributed by atoms with Crippen molar-refractivity contribution in [3.63, 3.8) is 0 Å². The molecule has 26 heavy (non-hydrogen) atoms. The largest absolute Gasteiger partial charge is 0.493 e. The molecule has 1 saturated heterocycles. The van der Waals surface area contributed by atoms with Crippen LogP contribution in [0.5, 0.6) is 11.5 Å². The Hall–Kier alpha value is -2.24. The van der Waals surface area contributed by atoms with E-state index in [9.17, 15) is 9.59 Å². The van der Waals surface area contributed by atoms with Crippen molar-refractivity contribution in [3.8, 4) is 11.5 Å². The lowest BCUT2D eigenvalue weighted by Gasteiger charge is -2.23. The van der Waals surface area contributed by atoms with Crippen molar-refractivity contribution in [2.45, 2.75) is 51.6 Å². The summed E-state index contributed by atoms with van der Waals surface area (Å²) in [6, 6.07) is 5.98. The summed E-state index contributed by atoms with van der Waals surface area (Å²) in [6.07, 6.45) is 4.85. The molecule has 1 aliphatic carbocycles. The highest BCUT2D eigenvalue weighted by atomic mass is 16.5. The molecular weight excluding hydrogens is 332 g/mol. The minimum atomic E-state index is -0.243. The van der Waals surface area contributed by atoms with Gasteiger partial charge in [-0.15, -0.1) is 0 Å². The van der Waals surface area contributed by atoms with E-state index in [1.807, 2.05) is 30.0 Å². The summed E-state index contributed by atoms with van der Waals surface area (Å²) in [5.41, 5.74) is 0.940. The third-order valence-electron chi connectivity index (χ3n) is 5.29. The van der Waals surface area contributed by atoms with Gasteiger partial charge in [0.05, 0.1) is 19.6 Å². The zero-order valence-electron chi connectivity index (χ0n) is 15.6. The van der Waals surface area contributed by atoms with Gasteiger partial charge in [0.2, 0.25) is 11.8 Å². The van der Waals surface area contributed by atoms with Crippen LogP contribution in [0.25, 0.3) is 0 Å². The van der Waals surface area contributed by atoms with Crippen LogP contribution < -0.4 is 14.8 Å². The van der Waals surface area contributed by atoms with Crippen LogP contribution in [0.3, 0.4) is 0 Å². The quantitative estimate of drug-likeness (QED) is 0.811. The van der Waals surface area contributed by atoms with Gasteiger partial charge in [-0.25, -0.2) is 0 Å². The highest BCUT2D eigenvalue weighted by Crippen LogP contribution is 2.30. The molecule has 1 aromatic rings. The Morgan fingerprint density at radius 1 is 1.27 bits per heavy atom. The first-order valence-electron chi connectivity index (χ1n) is 9.49. The molecule has 1 N–H and O–H groups in total. The van der Waals surface area contributed by atoms with Gasteiger partial charge in [-0.2, -0.15) is 0 Å². The van der Waals surface area contributed by atoms with Crippen molar-refractivity contribution in [1.29, 1.82) is 0 Å². The van der Waals surface area contributed by atoms with Gasteiger partial charge in [0.1, 0.15) is 0 Å². The van der Waals surface area contributed by atoms with Gasteiger partial charge in [0, 0.05) is 25.6 Å². The third kappa shape index (κ3) is 4.11. The predicted octanol–water partition coefficient (Wildman–Crippen LogP) is 2.50. The molecule has 2 fully saturated rings. The second-order valence-corrected chi connectivity index (χ2v) is 7.02. The molecule has 1 aromatic carbocycles. The van der Waals surface area contributed by atoms with Crippen LogP contribution in [-0.4, -0.2) is 43.0 Å². The minimum Gasteiger partial charge on any atom is -0.493 e. The molecule has 0 aromatic heterocycles. The molecule has 3 rings (SSSR count). The van der Waals surface area contributed by atoms with E-state index in [4.69, 9.17) is 9.47 Å². The van der Waals surface area contributed by atoms with Crippen molar-refractivity contribution in [2.24, 2.45) is 5.92 Å². The SMILES string of the molecule is CCOc1ccc(CNC(=O)[C@H]2CC(=O)N(C3CCCC3)C2)cc1OC. The van der Waals surface area contributed by atoms with Crippen LogP contribution in [0, 0.1) is 5.92 Å². The number of benzene rings is 1. The average Bonchev–Trinajstić information content (AvgIpc) is 3.30. The Bertz CT molecular complexity index is 655. The van der Waals surface area contributed by atoms with E-state index in [0.717, 1.165) is 18.4 Å². The minimum absolute atomic E-state index is 0.0494. The number of nitrogens with zero attached hydrogens (tertiary/aromatic N) is 1. The first kappa shape index (κ1) is 18.5. The van der Waals surface area contributed by atoms with Gasteiger partial charge in [-0.3, -0.25) is 9.59 Å². The molecule has 0 radical (unpaired) electrons.